The Labute approximate surface area is 187 Å². The van der Waals surface area contributed by atoms with Crippen molar-refractivity contribution in [3.8, 4) is 0 Å². The van der Waals surface area contributed by atoms with E-state index in [2.05, 4.69) is 21.9 Å². The van der Waals surface area contributed by atoms with Crippen molar-refractivity contribution in [2.45, 2.75) is 38.5 Å². The van der Waals surface area contributed by atoms with Gasteiger partial charge in [-0.25, -0.2) is 4.79 Å². The molecule has 1 aromatic carbocycles. The molecule has 0 radical (unpaired) electrons. The van der Waals surface area contributed by atoms with E-state index in [9.17, 15) is 24.3 Å². The Kier molecular flexibility index (Phi) is 10.4. The lowest BCUT2D eigenvalue weighted by Gasteiger charge is -2.33. The van der Waals surface area contributed by atoms with E-state index in [1.807, 2.05) is 0 Å². The zero-order valence-electron chi connectivity index (χ0n) is 18.8. The van der Waals surface area contributed by atoms with Gasteiger partial charge >= 0.3 is 12.1 Å². The minimum absolute atomic E-state index is 0.0729. The molecule has 2 unspecified atom stereocenters. The summed E-state index contributed by atoms with van der Waals surface area (Å²) in [4.78, 5) is 51.0. The summed E-state index contributed by atoms with van der Waals surface area (Å²) in [6.45, 7) is 7.40. The molecule has 0 aliphatic rings. The van der Waals surface area contributed by atoms with Crippen LogP contribution in [0.3, 0.4) is 0 Å². The lowest BCUT2D eigenvalue weighted by Crippen LogP contribution is -2.54. The van der Waals surface area contributed by atoms with E-state index in [0.29, 0.717) is 5.56 Å². The van der Waals surface area contributed by atoms with Gasteiger partial charge in [0, 0.05) is 6.54 Å². The number of esters is 1. The number of carbonyl (C=O) groups is 4. The van der Waals surface area contributed by atoms with Crippen LogP contribution < -0.4 is 10.6 Å². The van der Waals surface area contributed by atoms with Crippen LogP contribution in [0.2, 0.25) is 0 Å². The molecule has 1 aromatic rings. The summed E-state index contributed by atoms with van der Waals surface area (Å²) < 4.78 is 9.68. The topological polar surface area (TPSA) is 134 Å². The van der Waals surface area contributed by atoms with Gasteiger partial charge < -0.3 is 30.1 Å². The number of methoxy groups -OCH3 is 1. The van der Waals surface area contributed by atoms with E-state index in [1.54, 1.807) is 51.1 Å². The van der Waals surface area contributed by atoms with Crippen LogP contribution >= 0.6 is 0 Å². The molecule has 0 aliphatic carbocycles. The SMILES string of the molecule is C=CCN(C(=O)C(CO)NC(=O)OC(C)(C)C)C(C(=O)NCC(=O)OC)c1ccccc1. The fraction of sp³-hybridized carbons (Fsp3) is 0.455. The van der Waals surface area contributed by atoms with Crippen LogP contribution in [0, 0.1) is 0 Å². The molecule has 0 aliphatic heterocycles. The van der Waals surface area contributed by atoms with Crippen LogP contribution in [0.25, 0.3) is 0 Å². The minimum Gasteiger partial charge on any atom is -0.468 e. The number of nitrogens with one attached hydrogen (secondary N) is 2. The standard InChI is InChI=1S/C22H31N3O7/c1-6-12-25(20(29)16(14-26)24-21(30)32-22(2,3)4)18(15-10-8-7-9-11-15)19(28)23-13-17(27)31-5/h6-11,16,18,26H,1,12-14H2,2-5H3,(H,23,28)(H,24,30). The Bertz CT molecular complexity index is 805. The predicted molar refractivity (Wildman–Crippen MR) is 116 cm³/mol. The average Bonchev–Trinajstić information content (AvgIpc) is 2.74. The lowest BCUT2D eigenvalue weighted by molar-refractivity contribution is -0.144. The van der Waals surface area contributed by atoms with Crippen molar-refractivity contribution in [3.63, 3.8) is 0 Å². The third-order valence-electron chi connectivity index (χ3n) is 4.09. The second kappa shape index (κ2) is 12.5. The van der Waals surface area contributed by atoms with Gasteiger partial charge in [0.2, 0.25) is 11.8 Å². The fourth-order valence-corrected chi connectivity index (χ4v) is 2.73. The fourth-order valence-electron chi connectivity index (χ4n) is 2.73. The Morgan fingerprint density at radius 1 is 1.19 bits per heavy atom. The van der Waals surface area contributed by atoms with Gasteiger partial charge in [-0.2, -0.15) is 0 Å². The van der Waals surface area contributed by atoms with Crippen LogP contribution in [-0.4, -0.2) is 72.3 Å². The molecule has 2 atom stereocenters. The summed E-state index contributed by atoms with van der Waals surface area (Å²) in [5.41, 5.74) is -0.354. The van der Waals surface area contributed by atoms with E-state index in [0.717, 1.165) is 4.90 Å². The van der Waals surface area contributed by atoms with Gasteiger partial charge in [-0.05, 0) is 26.3 Å². The number of ether oxygens (including phenoxy) is 2. The maximum atomic E-state index is 13.3. The first-order chi connectivity index (χ1) is 15.0. The van der Waals surface area contributed by atoms with Crippen LogP contribution in [0.4, 0.5) is 4.79 Å². The highest BCUT2D eigenvalue weighted by atomic mass is 16.6. The Morgan fingerprint density at radius 3 is 2.31 bits per heavy atom. The molecule has 0 aromatic heterocycles. The quantitative estimate of drug-likeness (QED) is 0.357. The predicted octanol–water partition coefficient (Wildman–Crippen LogP) is 0.917. The molecule has 176 valence electrons. The van der Waals surface area contributed by atoms with E-state index >= 15 is 0 Å². The number of nitrogens with zero attached hydrogens (tertiary/aromatic N) is 1. The highest BCUT2D eigenvalue weighted by Gasteiger charge is 2.35. The summed E-state index contributed by atoms with van der Waals surface area (Å²) in [7, 11) is 1.19. The van der Waals surface area contributed by atoms with E-state index in [1.165, 1.54) is 13.2 Å². The van der Waals surface area contributed by atoms with Crippen LogP contribution in [0.15, 0.2) is 43.0 Å². The van der Waals surface area contributed by atoms with Crippen LogP contribution in [0.5, 0.6) is 0 Å². The molecule has 10 nitrogen and oxygen atoms in total. The number of aliphatic hydroxyl groups is 1. The Hall–Kier alpha value is -3.40. The largest absolute Gasteiger partial charge is 0.468 e. The third kappa shape index (κ3) is 8.38. The molecular weight excluding hydrogens is 418 g/mol. The van der Waals surface area contributed by atoms with Crippen molar-refractivity contribution >= 4 is 23.9 Å². The zero-order valence-corrected chi connectivity index (χ0v) is 18.8. The van der Waals surface area contributed by atoms with Gasteiger partial charge in [0.05, 0.1) is 13.7 Å². The molecule has 0 spiro atoms. The smallest absolute Gasteiger partial charge is 0.408 e. The summed E-state index contributed by atoms with van der Waals surface area (Å²) in [5, 5.41) is 14.5. The van der Waals surface area contributed by atoms with Crippen molar-refractivity contribution in [1.82, 2.24) is 15.5 Å². The molecule has 3 amide bonds. The minimum atomic E-state index is -1.37. The normalized spacial score (nSPS) is 12.7. The maximum absolute atomic E-state index is 13.3. The molecule has 32 heavy (non-hydrogen) atoms. The Morgan fingerprint density at radius 2 is 1.81 bits per heavy atom. The molecule has 0 bridgehead atoms. The molecule has 0 heterocycles. The second-order valence-corrected chi connectivity index (χ2v) is 7.77. The van der Waals surface area contributed by atoms with Gasteiger partial charge in [0.25, 0.3) is 0 Å². The van der Waals surface area contributed by atoms with Crippen molar-refractivity contribution in [1.29, 1.82) is 0 Å². The third-order valence-corrected chi connectivity index (χ3v) is 4.09. The highest BCUT2D eigenvalue weighted by molar-refractivity contribution is 5.93. The molecule has 0 saturated carbocycles. The first kappa shape index (κ1) is 26.6. The van der Waals surface area contributed by atoms with E-state index in [-0.39, 0.29) is 6.54 Å². The number of alkyl carbamates (subject to hydrolysis) is 1. The number of hydrogen-bond donors (Lipinski definition) is 3. The molecule has 1 rings (SSSR count). The summed E-state index contributed by atoms with van der Waals surface area (Å²) in [5.74, 6) is -2.04. The summed E-state index contributed by atoms with van der Waals surface area (Å²) >= 11 is 0. The first-order valence-electron chi connectivity index (χ1n) is 9.95. The summed E-state index contributed by atoms with van der Waals surface area (Å²) in [6, 6.07) is 5.87. The number of aliphatic hydroxyl groups excluding tert-OH is 1. The number of rotatable bonds is 10. The molecule has 0 fully saturated rings. The van der Waals surface area contributed by atoms with E-state index < -0.39 is 54.7 Å². The molecule has 0 saturated heterocycles. The van der Waals surface area contributed by atoms with Crippen molar-refractivity contribution < 1.29 is 33.8 Å². The lowest BCUT2D eigenvalue weighted by atomic mass is 10.0. The average molecular weight is 450 g/mol. The number of benzene rings is 1. The molecule has 3 N–H and O–H groups in total. The van der Waals surface area contributed by atoms with Gasteiger partial charge in [-0.15, -0.1) is 6.58 Å². The van der Waals surface area contributed by atoms with Crippen molar-refractivity contribution in [3.05, 3.63) is 48.6 Å². The van der Waals surface area contributed by atoms with Gasteiger partial charge in [-0.1, -0.05) is 36.4 Å². The maximum Gasteiger partial charge on any atom is 0.408 e. The number of carbonyl (C=O) groups excluding carboxylic acids is 4. The monoisotopic (exact) mass is 449 g/mol. The Balaban J connectivity index is 3.23. The van der Waals surface area contributed by atoms with Crippen molar-refractivity contribution in [2.24, 2.45) is 0 Å². The molecular formula is C22H31N3O7. The van der Waals surface area contributed by atoms with Gasteiger partial charge in [-0.3, -0.25) is 14.4 Å². The highest BCUT2D eigenvalue weighted by Crippen LogP contribution is 2.22. The van der Waals surface area contributed by atoms with E-state index in [4.69, 9.17) is 4.74 Å². The van der Waals surface area contributed by atoms with Gasteiger partial charge in [0.15, 0.2) is 0 Å². The first-order valence-corrected chi connectivity index (χ1v) is 9.95. The summed E-state index contributed by atoms with van der Waals surface area (Å²) in [6.07, 6.45) is 0.512. The molecule has 10 heteroatoms. The van der Waals surface area contributed by atoms with Crippen LogP contribution in [0.1, 0.15) is 32.4 Å². The number of amides is 3. The second-order valence-electron chi connectivity index (χ2n) is 7.77. The van der Waals surface area contributed by atoms with Gasteiger partial charge in [0.1, 0.15) is 24.2 Å². The van der Waals surface area contributed by atoms with Crippen molar-refractivity contribution in [2.75, 3.05) is 26.8 Å². The number of hydrogen-bond acceptors (Lipinski definition) is 7. The van der Waals surface area contributed by atoms with Crippen LogP contribution in [-0.2, 0) is 23.9 Å². The zero-order chi connectivity index (χ0) is 24.3.